The van der Waals surface area contributed by atoms with Gasteiger partial charge in [0.1, 0.15) is 16.5 Å². The summed E-state index contributed by atoms with van der Waals surface area (Å²) in [5, 5.41) is 3.11. The molecule has 1 saturated heterocycles. The van der Waals surface area contributed by atoms with Crippen LogP contribution in [0.5, 0.6) is 0 Å². The molecule has 4 nitrogen and oxygen atoms in total. The zero-order chi connectivity index (χ0) is 13.9. The van der Waals surface area contributed by atoms with E-state index in [2.05, 4.69) is 10.0 Å². The van der Waals surface area contributed by atoms with Crippen molar-refractivity contribution in [1.82, 2.24) is 10.0 Å². The first-order valence-corrected chi connectivity index (χ1v) is 7.65. The second-order valence-electron chi connectivity index (χ2n) is 4.59. The third-order valence-electron chi connectivity index (χ3n) is 3.05. The molecule has 0 aromatic heterocycles. The van der Waals surface area contributed by atoms with E-state index in [0.29, 0.717) is 19.0 Å². The van der Waals surface area contributed by atoms with Crippen LogP contribution < -0.4 is 10.0 Å². The molecule has 1 aromatic carbocycles. The molecule has 2 rings (SSSR count). The highest BCUT2D eigenvalue weighted by Crippen LogP contribution is 2.16. The second kappa shape index (κ2) is 5.94. The van der Waals surface area contributed by atoms with Gasteiger partial charge in [0.15, 0.2) is 0 Å². The molecule has 1 unspecified atom stereocenters. The molecule has 1 atom stereocenters. The van der Waals surface area contributed by atoms with Gasteiger partial charge in [0.25, 0.3) is 0 Å². The van der Waals surface area contributed by atoms with Gasteiger partial charge in [0.2, 0.25) is 10.0 Å². The lowest BCUT2D eigenvalue weighted by Crippen LogP contribution is -2.41. The van der Waals surface area contributed by atoms with Crippen LogP contribution in [0.2, 0.25) is 0 Å². The minimum atomic E-state index is -3.96. The van der Waals surface area contributed by atoms with Crippen molar-refractivity contribution >= 4 is 10.0 Å². The zero-order valence-electron chi connectivity index (χ0n) is 10.3. The van der Waals surface area contributed by atoms with Crippen LogP contribution in [0.15, 0.2) is 23.1 Å². The standard InChI is InChI=1S/C12H16F2N2O2S/c13-9-4-5-12(11(14)7-9)19(17,18)16-10-3-1-2-6-15-8-10/h4-5,7,10,15-16H,1-3,6,8H2. The van der Waals surface area contributed by atoms with Crippen molar-refractivity contribution in [2.24, 2.45) is 0 Å². The summed E-state index contributed by atoms with van der Waals surface area (Å²) in [5.41, 5.74) is 0. The topological polar surface area (TPSA) is 58.2 Å². The fourth-order valence-corrected chi connectivity index (χ4v) is 3.43. The van der Waals surface area contributed by atoms with Crippen molar-refractivity contribution < 1.29 is 17.2 Å². The van der Waals surface area contributed by atoms with Crippen LogP contribution in [0, 0.1) is 11.6 Å². The van der Waals surface area contributed by atoms with Crippen LogP contribution in [0.3, 0.4) is 0 Å². The molecule has 1 aromatic rings. The number of nitrogens with one attached hydrogen (secondary N) is 2. The number of halogens is 2. The second-order valence-corrected chi connectivity index (χ2v) is 6.28. The molecule has 2 N–H and O–H groups in total. The maximum Gasteiger partial charge on any atom is 0.243 e. The largest absolute Gasteiger partial charge is 0.315 e. The van der Waals surface area contributed by atoms with Crippen LogP contribution in [-0.4, -0.2) is 27.5 Å². The van der Waals surface area contributed by atoms with Gasteiger partial charge in [-0.05, 0) is 31.5 Å². The van der Waals surface area contributed by atoms with Gasteiger partial charge < -0.3 is 5.32 Å². The minimum absolute atomic E-state index is 0.267. The van der Waals surface area contributed by atoms with E-state index in [1.165, 1.54) is 0 Å². The summed E-state index contributed by atoms with van der Waals surface area (Å²) in [5.74, 6) is -1.87. The van der Waals surface area contributed by atoms with Gasteiger partial charge in [-0.3, -0.25) is 0 Å². The fraction of sp³-hybridized carbons (Fsp3) is 0.500. The highest BCUT2D eigenvalue weighted by molar-refractivity contribution is 7.89. The van der Waals surface area contributed by atoms with E-state index < -0.39 is 26.6 Å². The molecule has 19 heavy (non-hydrogen) atoms. The van der Waals surface area contributed by atoms with E-state index >= 15 is 0 Å². The molecular formula is C12H16F2N2O2S. The van der Waals surface area contributed by atoms with Crippen molar-refractivity contribution in [3.8, 4) is 0 Å². The predicted octanol–water partition coefficient (Wildman–Crippen LogP) is 1.39. The molecule has 1 aliphatic rings. The number of hydrogen-bond donors (Lipinski definition) is 2. The molecule has 106 valence electrons. The van der Waals surface area contributed by atoms with Crippen molar-refractivity contribution in [2.45, 2.75) is 30.2 Å². The Hall–Kier alpha value is -1.05. The summed E-state index contributed by atoms with van der Waals surface area (Å²) in [6.45, 7) is 1.37. The lowest BCUT2D eigenvalue weighted by molar-refractivity contribution is 0.510. The Morgan fingerprint density at radius 1 is 1.26 bits per heavy atom. The van der Waals surface area contributed by atoms with Gasteiger partial charge in [-0.2, -0.15) is 0 Å². The van der Waals surface area contributed by atoms with E-state index in [1.54, 1.807) is 0 Å². The SMILES string of the molecule is O=S(=O)(NC1CCCCNC1)c1ccc(F)cc1F. The van der Waals surface area contributed by atoms with E-state index in [9.17, 15) is 17.2 Å². The fourth-order valence-electron chi connectivity index (χ4n) is 2.10. The first kappa shape index (κ1) is 14.4. The number of rotatable bonds is 3. The molecular weight excluding hydrogens is 274 g/mol. The third-order valence-corrected chi connectivity index (χ3v) is 4.61. The van der Waals surface area contributed by atoms with Gasteiger partial charge in [0, 0.05) is 18.7 Å². The first-order valence-electron chi connectivity index (χ1n) is 6.17. The molecule has 0 amide bonds. The number of sulfonamides is 1. The van der Waals surface area contributed by atoms with Gasteiger partial charge in [-0.25, -0.2) is 21.9 Å². The van der Waals surface area contributed by atoms with Crippen LogP contribution in [0.1, 0.15) is 19.3 Å². The Morgan fingerprint density at radius 3 is 2.79 bits per heavy atom. The molecule has 0 spiro atoms. The zero-order valence-corrected chi connectivity index (χ0v) is 11.1. The van der Waals surface area contributed by atoms with Crippen molar-refractivity contribution in [3.05, 3.63) is 29.8 Å². The van der Waals surface area contributed by atoms with E-state index in [-0.39, 0.29) is 6.04 Å². The monoisotopic (exact) mass is 290 g/mol. The summed E-state index contributed by atoms with van der Waals surface area (Å²) in [7, 11) is -3.96. The predicted molar refractivity (Wildman–Crippen MR) is 67.2 cm³/mol. The Morgan fingerprint density at radius 2 is 2.05 bits per heavy atom. The average Bonchev–Trinajstić information content (AvgIpc) is 2.56. The number of benzene rings is 1. The Balaban J connectivity index is 2.17. The lowest BCUT2D eigenvalue weighted by Gasteiger charge is -2.16. The quantitative estimate of drug-likeness (QED) is 0.884. The highest BCUT2D eigenvalue weighted by Gasteiger charge is 2.24. The van der Waals surface area contributed by atoms with Crippen molar-refractivity contribution in [2.75, 3.05) is 13.1 Å². The molecule has 0 saturated carbocycles. The Labute approximate surface area is 111 Å². The first-order chi connectivity index (χ1) is 8.99. The van der Waals surface area contributed by atoms with Gasteiger partial charge in [-0.1, -0.05) is 6.42 Å². The third kappa shape index (κ3) is 3.71. The van der Waals surface area contributed by atoms with Gasteiger partial charge in [-0.15, -0.1) is 0 Å². The van der Waals surface area contributed by atoms with Gasteiger partial charge >= 0.3 is 0 Å². The molecule has 1 fully saturated rings. The normalized spacial score (nSPS) is 21.1. The van der Waals surface area contributed by atoms with E-state index in [0.717, 1.165) is 31.5 Å². The Bertz CT molecular complexity index is 541. The van der Waals surface area contributed by atoms with Gasteiger partial charge in [0.05, 0.1) is 0 Å². The smallest absolute Gasteiger partial charge is 0.243 e. The molecule has 0 bridgehead atoms. The molecule has 7 heteroatoms. The maximum absolute atomic E-state index is 13.5. The van der Waals surface area contributed by atoms with E-state index in [1.807, 2.05) is 0 Å². The molecule has 0 radical (unpaired) electrons. The summed E-state index contributed by atoms with van der Waals surface area (Å²) >= 11 is 0. The van der Waals surface area contributed by atoms with E-state index in [4.69, 9.17) is 0 Å². The molecule has 1 heterocycles. The van der Waals surface area contributed by atoms with Crippen LogP contribution in [0.4, 0.5) is 8.78 Å². The Kier molecular flexibility index (Phi) is 4.49. The lowest BCUT2D eigenvalue weighted by atomic mass is 10.2. The number of hydrogen-bond acceptors (Lipinski definition) is 3. The molecule has 0 aliphatic carbocycles. The van der Waals surface area contributed by atoms with Crippen LogP contribution in [-0.2, 0) is 10.0 Å². The van der Waals surface area contributed by atoms with Crippen molar-refractivity contribution in [3.63, 3.8) is 0 Å². The summed E-state index contributed by atoms with van der Waals surface area (Å²) in [4.78, 5) is -0.516. The van der Waals surface area contributed by atoms with Crippen LogP contribution >= 0.6 is 0 Å². The molecule has 1 aliphatic heterocycles. The van der Waals surface area contributed by atoms with Crippen LogP contribution in [0.25, 0.3) is 0 Å². The maximum atomic E-state index is 13.5. The average molecular weight is 290 g/mol. The summed E-state index contributed by atoms with van der Waals surface area (Å²) in [6.07, 6.45) is 2.60. The summed E-state index contributed by atoms with van der Waals surface area (Å²) < 4.78 is 52.8. The highest BCUT2D eigenvalue weighted by atomic mass is 32.2. The summed E-state index contributed by atoms with van der Waals surface area (Å²) in [6, 6.07) is 2.18. The minimum Gasteiger partial charge on any atom is -0.315 e. The van der Waals surface area contributed by atoms with Crippen molar-refractivity contribution in [1.29, 1.82) is 0 Å².